The Balaban J connectivity index is 1.61. The molecule has 0 aliphatic carbocycles. The molecular weight excluding hydrogens is 236 g/mol. The Morgan fingerprint density at radius 2 is 1.83 bits per heavy atom. The minimum Gasteiger partial charge on any atom is -0.465 e. The zero-order valence-corrected chi connectivity index (χ0v) is 11.1. The SMILES string of the molecule is COC(=O)C1(C)OCC(CCCCC2CO2)CO1. The van der Waals surface area contributed by atoms with Crippen LogP contribution in [0.2, 0.25) is 0 Å². The monoisotopic (exact) mass is 258 g/mol. The Morgan fingerprint density at radius 3 is 2.39 bits per heavy atom. The van der Waals surface area contributed by atoms with Crippen LogP contribution in [-0.2, 0) is 23.7 Å². The van der Waals surface area contributed by atoms with Crippen molar-refractivity contribution in [3.05, 3.63) is 0 Å². The van der Waals surface area contributed by atoms with Crippen molar-refractivity contribution in [2.45, 2.75) is 44.5 Å². The largest absolute Gasteiger partial charge is 0.465 e. The number of hydrogen-bond acceptors (Lipinski definition) is 5. The molecule has 0 N–H and O–H groups in total. The van der Waals surface area contributed by atoms with Crippen molar-refractivity contribution in [1.29, 1.82) is 0 Å². The van der Waals surface area contributed by atoms with Crippen LogP contribution in [0, 0.1) is 5.92 Å². The number of methoxy groups -OCH3 is 1. The van der Waals surface area contributed by atoms with Crippen molar-refractivity contribution >= 4 is 5.97 Å². The molecule has 0 aromatic rings. The van der Waals surface area contributed by atoms with Gasteiger partial charge in [-0.2, -0.15) is 0 Å². The normalized spacial score (nSPS) is 35.2. The van der Waals surface area contributed by atoms with Crippen LogP contribution in [0.1, 0.15) is 32.6 Å². The average molecular weight is 258 g/mol. The molecule has 5 nitrogen and oxygen atoms in total. The van der Waals surface area contributed by atoms with E-state index in [4.69, 9.17) is 14.2 Å². The third-order valence-corrected chi connectivity index (χ3v) is 3.54. The van der Waals surface area contributed by atoms with Gasteiger partial charge in [-0.25, -0.2) is 4.79 Å². The molecule has 2 heterocycles. The summed E-state index contributed by atoms with van der Waals surface area (Å²) in [5.41, 5.74) is 0. The molecule has 2 rings (SSSR count). The summed E-state index contributed by atoms with van der Waals surface area (Å²) in [6.45, 7) is 3.67. The third-order valence-electron chi connectivity index (χ3n) is 3.54. The Bertz CT molecular complexity index is 279. The van der Waals surface area contributed by atoms with Crippen molar-refractivity contribution in [1.82, 2.24) is 0 Å². The fraction of sp³-hybridized carbons (Fsp3) is 0.923. The van der Waals surface area contributed by atoms with Gasteiger partial charge in [0.25, 0.3) is 5.79 Å². The van der Waals surface area contributed by atoms with Crippen LogP contribution in [0.3, 0.4) is 0 Å². The maximum absolute atomic E-state index is 11.5. The number of carbonyl (C=O) groups excluding carboxylic acids is 1. The van der Waals surface area contributed by atoms with Crippen LogP contribution >= 0.6 is 0 Å². The summed E-state index contributed by atoms with van der Waals surface area (Å²) in [6.07, 6.45) is 5.10. The van der Waals surface area contributed by atoms with Gasteiger partial charge in [-0.1, -0.05) is 12.8 Å². The van der Waals surface area contributed by atoms with Crippen LogP contribution in [0.25, 0.3) is 0 Å². The highest BCUT2D eigenvalue weighted by Crippen LogP contribution is 2.26. The summed E-state index contributed by atoms with van der Waals surface area (Å²) in [5, 5.41) is 0. The molecule has 0 aromatic heterocycles. The molecule has 5 heteroatoms. The molecule has 0 aromatic carbocycles. The second-order valence-electron chi connectivity index (χ2n) is 5.17. The van der Waals surface area contributed by atoms with E-state index in [1.165, 1.54) is 13.5 Å². The first-order valence-electron chi connectivity index (χ1n) is 6.62. The van der Waals surface area contributed by atoms with E-state index in [0.717, 1.165) is 25.9 Å². The van der Waals surface area contributed by atoms with Crippen LogP contribution in [0.15, 0.2) is 0 Å². The Kier molecular flexibility index (Phi) is 4.59. The van der Waals surface area contributed by atoms with E-state index in [1.54, 1.807) is 6.92 Å². The molecule has 1 unspecified atom stereocenters. The predicted octanol–water partition coefficient (Wildman–Crippen LogP) is 1.50. The second-order valence-corrected chi connectivity index (χ2v) is 5.17. The third kappa shape index (κ3) is 3.67. The van der Waals surface area contributed by atoms with Crippen LogP contribution in [-0.4, -0.2) is 44.8 Å². The predicted molar refractivity (Wildman–Crippen MR) is 64.0 cm³/mol. The van der Waals surface area contributed by atoms with Gasteiger partial charge in [-0.05, 0) is 12.8 Å². The van der Waals surface area contributed by atoms with Gasteiger partial charge in [0.05, 0.1) is 33.0 Å². The molecule has 1 atom stereocenters. The molecule has 2 aliphatic rings. The van der Waals surface area contributed by atoms with Crippen molar-refractivity contribution in [3.8, 4) is 0 Å². The smallest absolute Gasteiger partial charge is 0.366 e. The van der Waals surface area contributed by atoms with E-state index in [0.29, 0.717) is 25.2 Å². The molecule has 2 aliphatic heterocycles. The van der Waals surface area contributed by atoms with E-state index >= 15 is 0 Å². The highest BCUT2D eigenvalue weighted by atomic mass is 16.7. The maximum Gasteiger partial charge on any atom is 0.366 e. The number of ether oxygens (including phenoxy) is 4. The fourth-order valence-corrected chi connectivity index (χ4v) is 2.15. The summed E-state index contributed by atoms with van der Waals surface area (Å²) in [5.74, 6) is -1.30. The Labute approximate surface area is 108 Å². The van der Waals surface area contributed by atoms with E-state index in [9.17, 15) is 4.79 Å². The lowest BCUT2D eigenvalue weighted by Crippen LogP contribution is -2.48. The van der Waals surface area contributed by atoms with Gasteiger partial charge in [0.1, 0.15) is 0 Å². The molecular formula is C13H22O5. The number of carbonyl (C=O) groups is 1. The fourth-order valence-electron chi connectivity index (χ4n) is 2.15. The molecule has 0 bridgehead atoms. The number of unbranched alkanes of at least 4 members (excludes halogenated alkanes) is 1. The van der Waals surface area contributed by atoms with Crippen molar-refractivity contribution in [2.24, 2.45) is 5.92 Å². The minimum atomic E-state index is -1.22. The second kappa shape index (κ2) is 5.99. The van der Waals surface area contributed by atoms with Crippen LogP contribution in [0.4, 0.5) is 0 Å². The molecule has 2 saturated heterocycles. The van der Waals surface area contributed by atoms with E-state index in [-0.39, 0.29) is 0 Å². The molecule has 0 amide bonds. The van der Waals surface area contributed by atoms with Gasteiger partial charge in [0.15, 0.2) is 0 Å². The van der Waals surface area contributed by atoms with Gasteiger partial charge >= 0.3 is 5.97 Å². The van der Waals surface area contributed by atoms with Crippen molar-refractivity contribution in [3.63, 3.8) is 0 Å². The number of epoxide rings is 1. The molecule has 18 heavy (non-hydrogen) atoms. The lowest BCUT2D eigenvalue weighted by Gasteiger charge is -2.35. The molecule has 104 valence electrons. The molecule has 0 radical (unpaired) electrons. The topological polar surface area (TPSA) is 57.3 Å². The Morgan fingerprint density at radius 1 is 1.22 bits per heavy atom. The zero-order valence-electron chi connectivity index (χ0n) is 11.1. The standard InChI is InChI=1S/C13H22O5/c1-13(12(14)15-2)17-7-10(8-18-13)5-3-4-6-11-9-16-11/h10-11H,3-9H2,1-2H3. The van der Waals surface area contributed by atoms with Crippen LogP contribution < -0.4 is 0 Å². The average Bonchev–Trinajstić information content (AvgIpc) is 3.20. The summed E-state index contributed by atoms with van der Waals surface area (Å²) in [6, 6.07) is 0. The van der Waals surface area contributed by atoms with E-state index < -0.39 is 11.8 Å². The van der Waals surface area contributed by atoms with E-state index in [2.05, 4.69) is 4.74 Å². The first-order valence-corrected chi connectivity index (χ1v) is 6.62. The lowest BCUT2D eigenvalue weighted by atomic mass is 10.0. The van der Waals surface area contributed by atoms with Gasteiger partial charge in [-0.15, -0.1) is 0 Å². The zero-order chi connectivity index (χ0) is 13.0. The summed E-state index contributed by atoms with van der Waals surface area (Å²) < 4.78 is 20.8. The van der Waals surface area contributed by atoms with Gasteiger partial charge < -0.3 is 18.9 Å². The van der Waals surface area contributed by atoms with Crippen molar-refractivity contribution in [2.75, 3.05) is 26.9 Å². The highest BCUT2D eigenvalue weighted by molar-refractivity contribution is 5.77. The first-order chi connectivity index (χ1) is 8.64. The number of rotatable bonds is 6. The summed E-state index contributed by atoms with van der Waals surface area (Å²) in [4.78, 5) is 11.5. The highest BCUT2D eigenvalue weighted by Gasteiger charge is 2.41. The van der Waals surface area contributed by atoms with Gasteiger partial charge in [0.2, 0.25) is 0 Å². The number of hydrogen-bond donors (Lipinski definition) is 0. The van der Waals surface area contributed by atoms with Gasteiger partial charge in [0, 0.05) is 12.8 Å². The molecule has 2 fully saturated rings. The summed E-state index contributed by atoms with van der Waals surface area (Å²) in [7, 11) is 1.34. The Hall–Kier alpha value is -0.650. The quantitative estimate of drug-likeness (QED) is 0.410. The van der Waals surface area contributed by atoms with Crippen molar-refractivity contribution < 1.29 is 23.7 Å². The summed E-state index contributed by atoms with van der Waals surface area (Å²) >= 11 is 0. The maximum atomic E-state index is 11.5. The first kappa shape index (κ1) is 13.8. The minimum absolute atomic E-state index is 0.378. The van der Waals surface area contributed by atoms with Crippen LogP contribution in [0.5, 0.6) is 0 Å². The molecule has 0 saturated carbocycles. The number of esters is 1. The lowest BCUT2D eigenvalue weighted by molar-refractivity contribution is -0.272. The van der Waals surface area contributed by atoms with E-state index in [1.807, 2.05) is 0 Å². The van der Waals surface area contributed by atoms with Gasteiger partial charge in [-0.3, -0.25) is 0 Å². The molecule has 0 spiro atoms.